The van der Waals surface area contributed by atoms with E-state index >= 15 is 0 Å². The summed E-state index contributed by atoms with van der Waals surface area (Å²) in [5.74, 6) is 0.446. The average Bonchev–Trinajstić information content (AvgIpc) is 3.08. The van der Waals surface area contributed by atoms with Gasteiger partial charge >= 0.3 is 5.97 Å². The average molecular weight is 401 g/mol. The molecule has 0 aliphatic carbocycles. The number of hydrogen-bond acceptors (Lipinski definition) is 7. The highest BCUT2D eigenvalue weighted by molar-refractivity contribution is 7.16. The number of benzene rings is 1. The molecule has 8 heteroatoms. The van der Waals surface area contributed by atoms with Crippen LogP contribution in [0.15, 0.2) is 29.1 Å². The zero-order chi connectivity index (χ0) is 20.3. The fraction of sp³-hybridized carbons (Fsp3) is 0.400. The first-order chi connectivity index (χ1) is 13.4. The number of aromatic nitrogens is 3. The Hall–Kier alpha value is -2.74. The third-order valence-electron chi connectivity index (χ3n) is 4.16. The van der Waals surface area contributed by atoms with Gasteiger partial charge in [-0.2, -0.15) is 9.61 Å². The van der Waals surface area contributed by atoms with Crippen molar-refractivity contribution >= 4 is 22.3 Å². The van der Waals surface area contributed by atoms with Gasteiger partial charge in [-0.25, -0.2) is 9.78 Å². The van der Waals surface area contributed by atoms with Crippen LogP contribution in [0.4, 0.5) is 0 Å². The second kappa shape index (κ2) is 8.52. The molecule has 0 spiro atoms. The summed E-state index contributed by atoms with van der Waals surface area (Å²) in [7, 11) is 0. The Labute approximate surface area is 166 Å². The van der Waals surface area contributed by atoms with Crippen LogP contribution in [0.1, 0.15) is 48.5 Å². The minimum Gasteiger partial charge on any atom is -0.482 e. The maximum atomic E-state index is 12.1. The Morgan fingerprint density at radius 3 is 2.79 bits per heavy atom. The van der Waals surface area contributed by atoms with E-state index in [9.17, 15) is 9.59 Å². The number of esters is 1. The van der Waals surface area contributed by atoms with Crippen molar-refractivity contribution in [1.82, 2.24) is 14.6 Å². The van der Waals surface area contributed by atoms with E-state index in [1.807, 2.05) is 32.0 Å². The summed E-state index contributed by atoms with van der Waals surface area (Å²) in [5.41, 5.74) is 2.20. The third-order valence-corrected chi connectivity index (χ3v) is 5.21. The molecule has 0 atom stereocenters. The number of aryl methyl sites for hydroxylation is 2. The Balaban J connectivity index is 1.63. The van der Waals surface area contributed by atoms with Gasteiger partial charge in [-0.1, -0.05) is 44.2 Å². The zero-order valence-corrected chi connectivity index (χ0v) is 17.2. The van der Waals surface area contributed by atoms with E-state index < -0.39 is 5.97 Å². The van der Waals surface area contributed by atoms with Crippen LogP contribution in [0, 0.1) is 6.92 Å². The highest BCUT2D eigenvalue weighted by Gasteiger charge is 2.13. The van der Waals surface area contributed by atoms with Gasteiger partial charge in [0.15, 0.2) is 6.61 Å². The van der Waals surface area contributed by atoms with Crippen molar-refractivity contribution in [2.45, 2.75) is 46.6 Å². The van der Waals surface area contributed by atoms with Gasteiger partial charge in [-0.3, -0.25) is 4.79 Å². The lowest BCUT2D eigenvalue weighted by atomic mass is 10.0. The summed E-state index contributed by atoms with van der Waals surface area (Å²) in [4.78, 5) is 29.0. The standard InChI is InChI=1S/C20H23N3O4S/c1-5-17-22-23-18(24)9-14(21-20(23)28-17)10-27-19(25)11-26-16-8-13(4)6-7-15(16)12(2)3/h6-9,12H,5,10-11H2,1-4H3. The van der Waals surface area contributed by atoms with E-state index in [4.69, 9.17) is 9.47 Å². The molecule has 0 aliphatic rings. The van der Waals surface area contributed by atoms with Crippen LogP contribution in [-0.2, 0) is 22.6 Å². The van der Waals surface area contributed by atoms with E-state index in [2.05, 4.69) is 23.9 Å². The van der Waals surface area contributed by atoms with Gasteiger partial charge in [0.05, 0.1) is 5.69 Å². The Morgan fingerprint density at radius 2 is 2.07 bits per heavy atom. The second-order valence-corrected chi connectivity index (χ2v) is 7.82. The maximum Gasteiger partial charge on any atom is 0.344 e. The SMILES string of the molecule is CCc1nn2c(=O)cc(COC(=O)COc3cc(C)ccc3C(C)C)nc2s1. The van der Waals surface area contributed by atoms with Crippen molar-refractivity contribution < 1.29 is 14.3 Å². The number of ether oxygens (including phenoxy) is 2. The van der Waals surface area contributed by atoms with Crippen LogP contribution in [-0.4, -0.2) is 27.2 Å². The van der Waals surface area contributed by atoms with E-state index in [-0.39, 0.29) is 24.7 Å². The second-order valence-electron chi connectivity index (χ2n) is 6.77. The first-order valence-corrected chi connectivity index (χ1v) is 9.96. The molecule has 0 radical (unpaired) electrons. The lowest BCUT2D eigenvalue weighted by Crippen LogP contribution is -2.19. The van der Waals surface area contributed by atoms with E-state index in [1.54, 1.807) is 0 Å². The van der Waals surface area contributed by atoms with Crippen LogP contribution in [0.3, 0.4) is 0 Å². The Morgan fingerprint density at radius 1 is 1.29 bits per heavy atom. The van der Waals surface area contributed by atoms with Crippen LogP contribution in [0.2, 0.25) is 0 Å². The molecule has 7 nitrogen and oxygen atoms in total. The summed E-state index contributed by atoms with van der Waals surface area (Å²) >= 11 is 1.35. The molecule has 0 saturated heterocycles. The molecule has 2 heterocycles. The van der Waals surface area contributed by atoms with Crippen molar-refractivity contribution in [3.8, 4) is 5.75 Å². The lowest BCUT2D eigenvalue weighted by molar-refractivity contribution is -0.147. The van der Waals surface area contributed by atoms with Crippen molar-refractivity contribution in [3.63, 3.8) is 0 Å². The molecule has 0 unspecified atom stereocenters. The predicted molar refractivity (Wildman–Crippen MR) is 107 cm³/mol. The number of fused-ring (bicyclic) bond motifs is 1. The number of rotatable bonds is 7. The van der Waals surface area contributed by atoms with Crippen LogP contribution >= 0.6 is 11.3 Å². The molecular weight excluding hydrogens is 378 g/mol. The summed E-state index contributed by atoms with van der Waals surface area (Å²) in [6, 6.07) is 7.27. The van der Waals surface area contributed by atoms with E-state index in [1.165, 1.54) is 21.9 Å². The normalized spacial score (nSPS) is 11.2. The van der Waals surface area contributed by atoms with Crippen LogP contribution in [0.25, 0.3) is 4.96 Å². The zero-order valence-electron chi connectivity index (χ0n) is 16.4. The Kier molecular flexibility index (Phi) is 6.08. The smallest absolute Gasteiger partial charge is 0.344 e. The molecule has 3 rings (SSSR count). The molecule has 148 valence electrons. The maximum absolute atomic E-state index is 12.1. The van der Waals surface area contributed by atoms with E-state index in [0.717, 1.165) is 22.6 Å². The van der Waals surface area contributed by atoms with Gasteiger partial charge in [-0.05, 0) is 36.5 Å². The molecule has 0 amide bonds. The van der Waals surface area contributed by atoms with Gasteiger partial charge < -0.3 is 9.47 Å². The van der Waals surface area contributed by atoms with Crippen LogP contribution in [0.5, 0.6) is 5.75 Å². The van der Waals surface area contributed by atoms with Gasteiger partial charge in [0.25, 0.3) is 5.56 Å². The molecule has 1 aromatic carbocycles. The van der Waals surface area contributed by atoms with E-state index in [0.29, 0.717) is 16.4 Å². The highest BCUT2D eigenvalue weighted by atomic mass is 32.1. The molecule has 0 fully saturated rings. The fourth-order valence-corrected chi connectivity index (χ4v) is 3.55. The first-order valence-electron chi connectivity index (χ1n) is 9.15. The van der Waals surface area contributed by atoms with Crippen molar-refractivity contribution in [3.05, 3.63) is 56.4 Å². The number of carbonyl (C=O) groups excluding carboxylic acids is 1. The molecule has 0 bridgehead atoms. The van der Waals surface area contributed by atoms with Crippen molar-refractivity contribution in [1.29, 1.82) is 0 Å². The quantitative estimate of drug-likeness (QED) is 0.565. The van der Waals surface area contributed by atoms with Gasteiger partial charge in [0, 0.05) is 6.07 Å². The number of carbonyl (C=O) groups is 1. The van der Waals surface area contributed by atoms with Crippen molar-refractivity contribution in [2.75, 3.05) is 6.61 Å². The molecular formula is C20H23N3O4S. The number of hydrogen-bond donors (Lipinski definition) is 0. The predicted octanol–water partition coefficient (Wildman–Crippen LogP) is 3.27. The topological polar surface area (TPSA) is 82.8 Å². The molecule has 0 aliphatic heterocycles. The fourth-order valence-electron chi connectivity index (χ4n) is 2.69. The minimum atomic E-state index is -0.517. The summed E-state index contributed by atoms with van der Waals surface area (Å²) in [6.07, 6.45) is 0.729. The monoisotopic (exact) mass is 401 g/mol. The molecule has 0 N–H and O–H groups in total. The first kappa shape index (κ1) is 20.0. The molecule has 2 aromatic heterocycles. The summed E-state index contributed by atoms with van der Waals surface area (Å²) in [5, 5.41) is 5.02. The van der Waals surface area contributed by atoms with Crippen molar-refractivity contribution in [2.24, 2.45) is 0 Å². The van der Waals surface area contributed by atoms with Gasteiger partial charge in [0.2, 0.25) is 4.96 Å². The Bertz CT molecular complexity index is 1060. The minimum absolute atomic E-state index is 0.0852. The largest absolute Gasteiger partial charge is 0.482 e. The number of nitrogens with zero attached hydrogens (tertiary/aromatic N) is 3. The summed E-state index contributed by atoms with van der Waals surface area (Å²) in [6.45, 7) is 7.78. The van der Waals surface area contributed by atoms with Gasteiger partial charge in [0.1, 0.15) is 17.4 Å². The third kappa shape index (κ3) is 4.56. The highest BCUT2D eigenvalue weighted by Crippen LogP contribution is 2.27. The summed E-state index contributed by atoms with van der Waals surface area (Å²) < 4.78 is 12.2. The van der Waals surface area contributed by atoms with Crippen LogP contribution < -0.4 is 10.3 Å². The van der Waals surface area contributed by atoms with Gasteiger partial charge in [-0.15, -0.1) is 0 Å². The molecule has 3 aromatic rings. The lowest BCUT2D eigenvalue weighted by Gasteiger charge is -2.14. The molecule has 0 saturated carbocycles. The molecule has 28 heavy (non-hydrogen) atoms.